The Morgan fingerprint density at radius 2 is 1.81 bits per heavy atom. The summed E-state index contributed by atoms with van der Waals surface area (Å²) in [5, 5.41) is 7.75. The average Bonchev–Trinajstić information content (AvgIpc) is 2.51. The normalized spacial score (nSPS) is 26.6. The molecule has 0 fully saturated rings. The van der Waals surface area contributed by atoms with Crippen LogP contribution in [-0.2, 0) is 16.6 Å². The Kier molecular flexibility index (Phi) is 3.69. The van der Waals surface area contributed by atoms with E-state index in [-0.39, 0.29) is 0 Å². The summed E-state index contributed by atoms with van der Waals surface area (Å²) < 4.78 is 1.96. The van der Waals surface area contributed by atoms with Gasteiger partial charge in [-0.2, -0.15) is 0 Å². The van der Waals surface area contributed by atoms with Crippen molar-refractivity contribution in [2.45, 2.75) is 54.3 Å². The summed E-state index contributed by atoms with van der Waals surface area (Å²) >= 11 is -1.61. The van der Waals surface area contributed by atoms with Gasteiger partial charge in [-0.1, -0.05) is 0 Å². The minimum atomic E-state index is -1.61. The van der Waals surface area contributed by atoms with Gasteiger partial charge in [-0.25, -0.2) is 0 Å². The van der Waals surface area contributed by atoms with Crippen molar-refractivity contribution in [3.05, 3.63) is 20.6 Å². The zero-order valence-corrected chi connectivity index (χ0v) is 15.2. The summed E-state index contributed by atoms with van der Waals surface area (Å²) in [6.45, 7) is 2.43. The molecule has 2 heteroatoms. The van der Waals surface area contributed by atoms with Gasteiger partial charge in [0.05, 0.1) is 0 Å². The van der Waals surface area contributed by atoms with E-state index < -0.39 is 16.6 Å². The zero-order chi connectivity index (χ0) is 11.9. The van der Waals surface area contributed by atoms with Crippen molar-refractivity contribution in [3.63, 3.8) is 0 Å². The van der Waals surface area contributed by atoms with Crippen molar-refractivity contribution < 1.29 is 16.6 Å². The molecule has 0 N–H and O–H groups in total. The first-order chi connectivity index (χ1) is 7.46. The third-order valence-electron chi connectivity index (χ3n) is 4.35. The van der Waals surface area contributed by atoms with Crippen molar-refractivity contribution >= 4 is 10.2 Å². The van der Waals surface area contributed by atoms with Crippen LogP contribution in [0.1, 0.15) is 32.6 Å². The maximum absolute atomic E-state index is 2.58. The third kappa shape index (κ3) is 2.07. The Morgan fingerprint density at radius 1 is 1.19 bits per heavy atom. The Balaban J connectivity index is 2.44. The number of allylic oxidation sites excluding steroid dienone is 4. The summed E-state index contributed by atoms with van der Waals surface area (Å²) in [7, 11) is 1.37. The van der Waals surface area contributed by atoms with Gasteiger partial charge in [0.2, 0.25) is 0 Å². The number of rotatable bonds is 2. The first-order valence-electron chi connectivity index (χ1n) is 6.90. The summed E-state index contributed by atoms with van der Waals surface area (Å²) in [5.41, 5.74) is 5.44. The van der Waals surface area contributed by atoms with Crippen molar-refractivity contribution in [3.8, 4) is 0 Å². The number of hydrogen-bond acceptors (Lipinski definition) is 0. The molecule has 0 heterocycles. The van der Waals surface area contributed by atoms with E-state index >= 15 is 0 Å². The van der Waals surface area contributed by atoms with Crippen LogP contribution in [0.2, 0.25) is 21.7 Å². The van der Waals surface area contributed by atoms with Gasteiger partial charge >= 0.3 is 108 Å². The van der Waals surface area contributed by atoms with Crippen LogP contribution in [0.15, 0.2) is 20.6 Å². The molecule has 0 saturated carbocycles. The summed E-state index contributed by atoms with van der Waals surface area (Å²) in [5.74, 6) is 0.918. The molecule has 0 spiro atoms. The molecule has 0 aromatic heterocycles. The Labute approximate surface area is 107 Å². The van der Waals surface area contributed by atoms with Gasteiger partial charge in [0.1, 0.15) is 0 Å². The van der Waals surface area contributed by atoms with Crippen LogP contribution < -0.4 is 0 Å². The predicted molar refractivity (Wildman–Crippen MR) is 74.0 cm³/mol. The van der Waals surface area contributed by atoms with E-state index in [1.165, 1.54) is 42.0 Å². The number of hydrogen-bond donors (Lipinski definition) is 0. The van der Waals surface area contributed by atoms with Gasteiger partial charge in [-0.15, -0.1) is 0 Å². The Bertz CT molecular complexity index is 357. The van der Waals surface area contributed by atoms with Gasteiger partial charge in [0, 0.05) is 0 Å². The van der Waals surface area contributed by atoms with E-state index in [2.05, 4.69) is 22.6 Å². The standard InChI is InChI=1S/C11H17Si.3CH3.Ti/c1-8-6-9(7-12)11-5-3-2-4-10(8)11;;;;/h9H,2-5,7H2,1,12H3;3*1H3;. The molecule has 0 amide bonds. The summed E-state index contributed by atoms with van der Waals surface area (Å²) in [4.78, 5) is 0. The molecule has 2 rings (SSSR count). The van der Waals surface area contributed by atoms with Crippen LogP contribution in [0, 0.1) is 5.92 Å². The molecular weight excluding hydrogens is 244 g/mol. The van der Waals surface area contributed by atoms with E-state index in [4.69, 9.17) is 0 Å². The van der Waals surface area contributed by atoms with E-state index in [0.29, 0.717) is 0 Å². The molecule has 90 valence electrons. The molecule has 0 bridgehead atoms. The molecule has 0 nitrogen and oxygen atoms in total. The Hall–Kier alpha value is 0.411. The van der Waals surface area contributed by atoms with Crippen LogP contribution in [0.25, 0.3) is 0 Å². The molecular formula is C14H26SiTi. The second-order valence-corrected chi connectivity index (χ2v) is 15.1. The van der Waals surface area contributed by atoms with Crippen molar-refractivity contribution in [2.75, 3.05) is 0 Å². The average molecular weight is 270 g/mol. The fraction of sp³-hybridized carbons (Fsp3) is 0.714. The predicted octanol–water partition coefficient (Wildman–Crippen LogP) is 3.84. The monoisotopic (exact) mass is 270 g/mol. The van der Waals surface area contributed by atoms with E-state index in [0.717, 1.165) is 5.92 Å². The molecule has 0 aliphatic heterocycles. The van der Waals surface area contributed by atoms with Crippen LogP contribution in [0.4, 0.5) is 0 Å². The maximum atomic E-state index is 2.58. The van der Waals surface area contributed by atoms with Gasteiger partial charge in [-0.3, -0.25) is 0 Å². The zero-order valence-electron chi connectivity index (χ0n) is 11.6. The molecule has 1 unspecified atom stereocenters. The fourth-order valence-electron chi connectivity index (χ4n) is 3.88. The SMILES string of the molecule is CC1=[C]([Ti]([CH3])([CH3])[CH3])C(C[SiH3])C2=C1CCCC2. The molecule has 2 aliphatic carbocycles. The molecule has 2 aliphatic rings. The Morgan fingerprint density at radius 3 is 2.38 bits per heavy atom. The van der Waals surface area contributed by atoms with E-state index in [1.807, 2.05) is 15.0 Å². The second kappa shape index (κ2) is 4.59. The molecule has 1 atom stereocenters. The van der Waals surface area contributed by atoms with Gasteiger partial charge < -0.3 is 0 Å². The van der Waals surface area contributed by atoms with E-state index in [1.54, 1.807) is 5.57 Å². The van der Waals surface area contributed by atoms with Crippen molar-refractivity contribution in [1.29, 1.82) is 0 Å². The molecule has 16 heavy (non-hydrogen) atoms. The van der Waals surface area contributed by atoms with E-state index in [9.17, 15) is 0 Å². The van der Waals surface area contributed by atoms with Gasteiger partial charge in [0.15, 0.2) is 0 Å². The van der Waals surface area contributed by atoms with Gasteiger partial charge in [-0.05, 0) is 0 Å². The molecule has 0 radical (unpaired) electrons. The summed E-state index contributed by atoms with van der Waals surface area (Å²) in [6.07, 6.45) is 5.70. The van der Waals surface area contributed by atoms with Crippen molar-refractivity contribution in [1.82, 2.24) is 0 Å². The van der Waals surface area contributed by atoms with Crippen molar-refractivity contribution in [2.24, 2.45) is 5.92 Å². The van der Waals surface area contributed by atoms with Crippen LogP contribution in [0.5, 0.6) is 0 Å². The fourth-order valence-corrected chi connectivity index (χ4v) is 9.63. The first-order valence-corrected chi connectivity index (χ1v) is 13.8. The second-order valence-electron chi connectivity index (χ2n) is 6.46. The third-order valence-corrected chi connectivity index (χ3v) is 8.82. The van der Waals surface area contributed by atoms with Gasteiger partial charge in [0.25, 0.3) is 0 Å². The molecule has 0 aromatic rings. The quantitative estimate of drug-likeness (QED) is 0.669. The first kappa shape index (κ1) is 12.9. The summed E-state index contributed by atoms with van der Waals surface area (Å²) in [6, 6.07) is 1.48. The molecule has 0 aromatic carbocycles. The van der Waals surface area contributed by atoms with Crippen LogP contribution >= 0.6 is 0 Å². The minimum absolute atomic E-state index is 0.918. The molecule has 0 saturated heterocycles. The topological polar surface area (TPSA) is 0 Å². The van der Waals surface area contributed by atoms with Crippen LogP contribution in [-0.4, -0.2) is 10.2 Å². The van der Waals surface area contributed by atoms with Crippen LogP contribution in [0.3, 0.4) is 0 Å².